The Labute approximate surface area is 98.9 Å². The maximum absolute atomic E-state index is 13.7. The van der Waals surface area contributed by atoms with Crippen LogP contribution in [0.4, 0.5) is 4.39 Å². The van der Waals surface area contributed by atoms with Crippen molar-refractivity contribution in [2.45, 2.75) is 6.92 Å². The maximum Gasteiger partial charge on any atom is 0.132 e. The van der Waals surface area contributed by atoms with Crippen LogP contribution in [0.3, 0.4) is 0 Å². The summed E-state index contributed by atoms with van der Waals surface area (Å²) in [6, 6.07) is 15.1. The van der Waals surface area contributed by atoms with Crippen molar-refractivity contribution in [3.05, 3.63) is 59.9 Å². The van der Waals surface area contributed by atoms with E-state index in [-0.39, 0.29) is 5.82 Å². The van der Waals surface area contributed by atoms with Gasteiger partial charge in [-0.2, -0.15) is 0 Å². The normalized spacial score (nSPS) is 10.9. The van der Waals surface area contributed by atoms with Gasteiger partial charge in [-0.25, -0.2) is 4.39 Å². The van der Waals surface area contributed by atoms with Crippen molar-refractivity contribution in [2.24, 2.45) is 0 Å². The highest BCUT2D eigenvalue weighted by Gasteiger charge is 2.08. The highest BCUT2D eigenvalue weighted by Crippen LogP contribution is 2.27. The van der Waals surface area contributed by atoms with E-state index in [9.17, 15) is 4.39 Å². The Kier molecular flexibility index (Phi) is 2.22. The number of hydrogen-bond acceptors (Lipinski definition) is 0. The van der Waals surface area contributed by atoms with E-state index in [1.807, 2.05) is 43.3 Å². The predicted molar refractivity (Wildman–Crippen MR) is 68.4 cm³/mol. The van der Waals surface area contributed by atoms with Gasteiger partial charge < -0.3 is 4.98 Å². The number of hydrogen-bond donors (Lipinski definition) is 1. The molecule has 1 aromatic heterocycles. The molecule has 0 atom stereocenters. The molecule has 0 radical (unpaired) electrons. The second kappa shape index (κ2) is 3.74. The number of aromatic nitrogens is 1. The zero-order chi connectivity index (χ0) is 11.8. The van der Waals surface area contributed by atoms with Crippen molar-refractivity contribution >= 4 is 10.9 Å². The van der Waals surface area contributed by atoms with Crippen molar-refractivity contribution in [3.8, 4) is 11.3 Å². The largest absolute Gasteiger partial charge is 0.354 e. The summed E-state index contributed by atoms with van der Waals surface area (Å²) < 4.78 is 13.7. The van der Waals surface area contributed by atoms with Crippen molar-refractivity contribution in [1.82, 2.24) is 4.98 Å². The smallest absolute Gasteiger partial charge is 0.132 e. The van der Waals surface area contributed by atoms with Crippen LogP contribution in [0.5, 0.6) is 0 Å². The van der Waals surface area contributed by atoms with Gasteiger partial charge in [0.2, 0.25) is 0 Å². The number of halogens is 1. The Bertz CT molecular complexity index is 629. The minimum absolute atomic E-state index is 0.177. The van der Waals surface area contributed by atoms with Crippen LogP contribution in [0, 0.1) is 12.7 Å². The monoisotopic (exact) mass is 225 g/mol. The van der Waals surface area contributed by atoms with Crippen LogP contribution in [0.2, 0.25) is 0 Å². The third-order valence-corrected chi connectivity index (χ3v) is 3.03. The Morgan fingerprint density at radius 2 is 1.76 bits per heavy atom. The first kappa shape index (κ1) is 10.1. The van der Waals surface area contributed by atoms with E-state index >= 15 is 0 Å². The lowest BCUT2D eigenvalue weighted by Crippen LogP contribution is -1.80. The number of aryl methyl sites for hydroxylation is 1. The lowest BCUT2D eigenvalue weighted by Gasteiger charge is -1.97. The fraction of sp³-hybridized carbons (Fsp3) is 0.0667. The molecule has 0 unspecified atom stereocenters. The minimum atomic E-state index is -0.177. The fourth-order valence-corrected chi connectivity index (χ4v) is 2.10. The molecule has 0 bridgehead atoms. The van der Waals surface area contributed by atoms with Crippen LogP contribution in [-0.2, 0) is 0 Å². The minimum Gasteiger partial charge on any atom is -0.354 e. The van der Waals surface area contributed by atoms with Gasteiger partial charge in [-0.05, 0) is 30.2 Å². The molecule has 0 aliphatic rings. The number of fused-ring (bicyclic) bond motifs is 1. The average molecular weight is 225 g/mol. The van der Waals surface area contributed by atoms with Crippen molar-refractivity contribution in [2.75, 3.05) is 0 Å². The van der Waals surface area contributed by atoms with Crippen LogP contribution in [-0.4, -0.2) is 4.98 Å². The molecule has 0 aliphatic heterocycles. The third-order valence-electron chi connectivity index (χ3n) is 3.03. The standard InChI is InChI=1S/C15H12FN/c1-10-7-8-13(16)12-9-14(17-15(10)12)11-5-3-2-4-6-11/h2-9,17H,1H3. The molecular formula is C15H12FN. The van der Waals surface area contributed by atoms with E-state index in [0.29, 0.717) is 5.39 Å². The van der Waals surface area contributed by atoms with Crippen LogP contribution < -0.4 is 0 Å². The van der Waals surface area contributed by atoms with E-state index in [1.54, 1.807) is 6.07 Å². The van der Waals surface area contributed by atoms with Gasteiger partial charge in [0.15, 0.2) is 0 Å². The summed E-state index contributed by atoms with van der Waals surface area (Å²) in [5, 5.41) is 0.656. The summed E-state index contributed by atoms with van der Waals surface area (Å²) >= 11 is 0. The zero-order valence-corrected chi connectivity index (χ0v) is 9.50. The van der Waals surface area contributed by atoms with Gasteiger partial charge in [-0.3, -0.25) is 0 Å². The predicted octanol–water partition coefficient (Wildman–Crippen LogP) is 4.28. The Hall–Kier alpha value is -2.09. The first-order valence-electron chi connectivity index (χ1n) is 5.59. The molecule has 0 aliphatic carbocycles. The highest BCUT2D eigenvalue weighted by molar-refractivity contribution is 5.88. The molecule has 0 spiro atoms. The molecule has 3 rings (SSSR count). The van der Waals surface area contributed by atoms with Gasteiger partial charge in [0.25, 0.3) is 0 Å². The second-order valence-electron chi connectivity index (χ2n) is 4.20. The Morgan fingerprint density at radius 3 is 2.47 bits per heavy atom. The zero-order valence-electron chi connectivity index (χ0n) is 9.50. The molecule has 2 heteroatoms. The van der Waals surface area contributed by atoms with Crippen molar-refractivity contribution in [3.63, 3.8) is 0 Å². The molecule has 17 heavy (non-hydrogen) atoms. The molecule has 0 fully saturated rings. The molecule has 2 aromatic carbocycles. The Morgan fingerprint density at radius 1 is 1.00 bits per heavy atom. The second-order valence-corrected chi connectivity index (χ2v) is 4.20. The molecule has 0 saturated carbocycles. The summed E-state index contributed by atoms with van der Waals surface area (Å²) in [5.74, 6) is -0.177. The summed E-state index contributed by atoms with van der Waals surface area (Å²) in [4.78, 5) is 3.28. The van der Waals surface area contributed by atoms with Gasteiger partial charge in [-0.15, -0.1) is 0 Å². The number of nitrogens with one attached hydrogen (secondary N) is 1. The number of benzene rings is 2. The molecule has 84 valence electrons. The molecule has 1 N–H and O–H groups in total. The molecule has 3 aromatic rings. The first-order chi connectivity index (χ1) is 8.25. The van der Waals surface area contributed by atoms with Crippen LogP contribution in [0.15, 0.2) is 48.5 Å². The lowest BCUT2D eigenvalue weighted by atomic mass is 10.1. The van der Waals surface area contributed by atoms with Crippen molar-refractivity contribution < 1.29 is 4.39 Å². The summed E-state index contributed by atoms with van der Waals surface area (Å²) in [7, 11) is 0. The van der Waals surface area contributed by atoms with Crippen LogP contribution in [0.25, 0.3) is 22.2 Å². The van der Waals surface area contributed by atoms with E-state index in [4.69, 9.17) is 0 Å². The molecule has 1 heterocycles. The lowest BCUT2D eigenvalue weighted by molar-refractivity contribution is 0.640. The van der Waals surface area contributed by atoms with Gasteiger partial charge >= 0.3 is 0 Å². The quantitative estimate of drug-likeness (QED) is 0.636. The number of H-pyrrole nitrogens is 1. The highest BCUT2D eigenvalue weighted by atomic mass is 19.1. The van der Waals surface area contributed by atoms with Gasteiger partial charge in [0.1, 0.15) is 5.82 Å². The summed E-state index contributed by atoms with van der Waals surface area (Å²) in [5.41, 5.74) is 3.96. The molecule has 1 nitrogen and oxygen atoms in total. The van der Waals surface area contributed by atoms with Crippen LogP contribution >= 0.6 is 0 Å². The Balaban J connectivity index is 2.27. The van der Waals surface area contributed by atoms with Crippen LogP contribution in [0.1, 0.15) is 5.56 Å². The number of rotatable bonds is 1. The summed E-state index contributed by atoms with van der Waals surface area (Å²) in [6.07, 6.45) is 0. The topological polar surface area (TPSA) is 15.8 Å². The van der Waals surface area contributed by atoms with Gasteiger partial charge in [-0.1, -0.05) is 36.4 Å². The van der Waals surface area contributed by atoms with E-state index in [1.165, 1.54) is 6.07 Å². The number of aromatic amines is 1. The van der Waals surface area contributed by atoms with Crippen molar-refractivity contribution in [1.29, 1.82) is 0 Å². The summed E-state index contributed by atoms with van der Waals surface area (Å²) in [6.45, 7) is 1.98. The molecular weight excluding hydrogens is 213 g/mol. The first-order valence-corrected chi connectivity index (χ1v) is 5.59. The molecule has 0 amide bonds. The average Bonchev–Trinajstić information content (AvgIpc) is 2.81. The maximum atomic E-state index is 13.7. The SMILES string of the molecule is Cc1ccc(F)c2cc(-c3ccccc3)[nH]c12. The van der Waals surface area contributed by atoms with E-state index < -0.39 is 0 Å². The van der Waals surface area contributed by atoms with E-state index in [2.05, 4.69) is 4.98 Å². The van der Waals surface area contributed by atoms with Gasteiger partial charge in [0.05, 0.1) is 5.52 Å². The van der Waals surface area contributed by atoms with E-state index in [0.717, 1.165) is 22.3 Å². The van der Waals surface area contributed by atoms with Gasteiger partial charge in [0, 0.05) is 11.1 Å². The fourth-order valence-electron chi connectivity index (χ4n) is 2.10. The molecule has 0 saturated heterocycles. The third kappa shape index (κ3) is 1.62.